The van der Waals surface area contributed by atoms with Gasteiger partial charge in [0, 0.05) is 0 Å². The van der Waals surface area contributed by atoms with Crippen LogP contribution in [0.3, 0.4) is 0 Å². The van der Waals surface area contributed by atoms with Gasteiger partial charge in [-0.3, -0.25) is 0 Å². The van der Waals surface area contributed by atoms with E-state index in [2.05, 4.69) is 85.8 Å². The Morgan fingerprint density at radius 3 is 2.29 bits per heavy atom. The summed E-state index contributed by atoms with van der Waals surface area (Å²) in [6.45, 7) is 3.92. The molecule has 3 aromatic rings. The van der Waals surface area contributed by atoms with E-state index in [1.165, 1.54) is 55.2 Å². The molecule has 176 valence electrons. The van der Waals surface area contributed by atoms with Crippen LogP contribution in [0.4, 0.5) is 0 Å². The summed E-state index contributed by atoms with van der Waals surface area (Å²) in [7, 11) is 0. The summed E-state index contributed by atoms with van der Waals surface area (Å²) >= 11 is 0. The molecule has 2 nitrogen and oxygen atoms in total. The molecule has 5 unspecified atom stereocenters. The van der Waals surface area contributed by atoms with Crippen molar-refractivity contribution in [3.63, 3.8) is 0 Å². The Balaban J connectivity index is 1.14. The van der Waals surface area contributed by atoms with Crippen molar-refractivity contribution in [2.24, 2.45) is 17.3 Å². The molecule has 3 aromatic carbocycles. The fourth-order valence-corrected chi connectivity index (χ4v) is 7.39. The first-order chi connectivity index (χ1) is 16.7. The SMILES string of the molecule is CC12CCC3c4ccc(OCc5ccccc5)cc4CCC3C1CCC2OCc1ccccc1. The van der Waals surface area contributed by atoms with Crippen LogP contribution in [0.2, 0.25) is 0 Å². The predicted molar refractivity (Wildman–Crippen MR) is 137 cm³/mol. The Morgan fingerprint density at radius 1 is 0.794 bits per heavy atom. The van der Waals surface area contributed by atoms with Crippen molar-refractivity contribution in [2.75, 3.05) is 0 Å². The lowest BCUT2D eigenvalue weighted by atomic mass is 9.55. The van der Waals surface area contributed by atoms with Gasteiger partial charge in [-0.25, -0.2) is 0 Å². The van der Waals surface area contributed by atoms with Crippen molar-refractivity contribution < 1.29 is 9.47 Å². The summed E-state index contributed by atoms with van der Waals surface area (Å²) < 4.78 is 12.7. The van der Waals surface area contributed by atoms with Crippen molar-refractivity contribution in [3.8, 4) is 5.75 Å². The highest BCUT2D eigenvalue weighted by atomic mass is 16.5. The van der Waals surface area contributed by atoms with E-state index in [0.29, 0.717) is 24.0 Å². The molecular formula is C32H36O2. The van der Waals surface area contributed by atoms with Gasteiger partial charge in [0.25, 0.3) is 0 Å². The molecule has 0 heterocycles. The summed E-state index contributed by atoms with van der Waals surface area (Å²) in [5.41, 5.74) is 5.95. The van der Waals surface area contributed by atoms with E-state index >= 15 is 0 Å². The van der Waals surface area contributed by atoms with Gasteiger partial charge in [0.05, 0.1) is 12.7 Å². The lowest BCUT2D eigenvalue weighted by Gasteiger charge is -2.50. The highest BCUT2D eigenvalue weighted by molar-refractivity contribution is 5.41. The maximum atomic E-state index is 6.57. The minimum absolute atomic E-state index is 0.326. The van der Waals surface area contributed by atoms with Gasteiger partial charge >= 0.3 is 0 Å². The zero-order chi connectivity index (χ0) is 23.0. The molecule has 0 bridgehead atoms. The zero-order valence-corrected chi connectivity index (χ0v) is 20.3. The second kappa shape index (κ2) is 9.23. The standard InChI is InChI=1S/C32H36O2/c1-32-19-18-28-27-15-13-26(33-21-23-8-4-2-5-9-23)20-25(27)12-14-29(28)30(32)16-17-31(32)34-22-24-10-6-3-7-11-24/h2-11,13,15,20,28-31H,12,14,16-19,21-22H2,1H3. The molecule has 3 aliphatic rings. The number of rotatable bonds is 6. The lowest BCUT2D eigenvalue weighted by Crippen LogP contribution is -2.44. The molecule has 2 heteroatoms. The van der Waals surface area contributed by atoms with Gasteiger partial charge in [-0.2, -0.15) is 0 Å². The van der Waals surface area contributed by atoms with Gasteiger partial charge in [0.2, 0.25) is 0 Å². The number of aryl methyl sites for hydroxylation is 1. The van der Waals surface area contributed by atoms with Crippen LogP contribution in [0, 0.1) is 17.3 Å². The van der Waals surface area contributed by atoms with Crippen molar-refractivity contribution in [2.45, 2.75) is 70.7 Å². The van der Waals surface area contributed by atoms with Crippen LogP contribution >= 0.6 is 0 Å². The number of ether oxygens (including phenoxy) is 2. The van der Waals surface area contributed by atoms with E-state index in [9.17, 15) is 0 Å². The molecule has 6 rings (SSSR count). The topological polar surface area (TPSA) is 18.5 Å². The quantitative estimate of drug-likeness (QED) is 0.381. The minimum atomic E-state index is 0.326. The summed E-state index contributed by atoms with van der Waals surface area (Å²) in [5, 5.41) is 0. The molecule has 0 aliphatic heterocycles. The molecule has 2 saturated carbocycles. The number of hydrogen-bond acceptors (Lipinski definition) is 2. The summed E-state index contributed by atoms with van der Waals surface area (Å²) in [6.07, 6.45) is 8.01. The van der Waals surface area contributed by atoms with Crippen molar-refractivity contribution >= 4 is 0 Å². The Labute approximate surface area is 204 Å². The summed E-state index contributed by atoms with van der Waals surface area (Å²) in [5.74, 6) is 3.30. The smallest absolute Gasteiger partial charge is 0.120 e. The van der Waals surface area contributed by atoms with Crippen molar-refractivity contribution in [3.05, 3.63) is 101 Å². The largest absolute Gasteiger partial charge is 0.489 e. The first-order valence-electron chi connectivity index (χ1n) is 13.2. The zero-order valence-electron chi connectivity index (χ0n) is 20.3. The van der Waals surface area contributed by atoms with Crippen LogP contribution in [-0.4, -0.2) is 6.10 Å². The predicted octanol–water partition coefficient (Wildman–Crippen LogP) is 7.71. The maximum Gasteiger partial charge on any atom is 0.120 e. The average Bonchev–Trinajstić information content (AvgIpc) is 3.23. The molecule has 0 saturated heterocycles. The molecule has 0 amide bonds. The van der Waals surface area contributed by atoms with E-state index in [-0.39, 0.29) is 0 Å². The van der Waals surface area contributed by atoms with Crippen LogP contribution in [0.15, 0.2) is 78.9 Å². The molecule has 0 radical (unpaired) electrons. The maximum absolute atomic E-state index is 6.57. The average molecular weight is 453 g/mol. The Hall–Kier alpha value is -2.58. The monoisotopic (exact) mass is 452 g/mol. The van der Waals surface area contributed by atoms with Crippen LogP contribution < -0.4 is 4.74 Å². The van der Waals surface area contributed by atoms with E-state index in [0.717, 1.165) is 24.2 Å². The van der Waals surface area contributed by atoms with E-state index in [1.54, 1.807) is 5.56 Å². The van der Waals surface area contributed by atoms with Crippen LogP contribution in [0.1, 0.15) is 67.2 Å². The highest BCUT2D eigenvalue weighted by Crippen LogP contribution is 2.61. The van der Waals surface area contributed by atoms with Gasteiger partial charge in [-0.15, -0.1) is 0 Å². The van der Waals surface area contributed by atoms with E-state index < -0.39 is 0 Å². The van der Waals surface area contributed by atoms with Gasteiger partial charge in [-0.1, -0.05) is 73.7 Å². The second-order valence-corrected chi connectivity index (χ2v) is 11.0. The molecule has 0 spiro atoms. The fourth-order valence-electron chi connectivity index (χ4n) is 7.39. The molecular weight excluding hydrogens is 416 g/mol. The second-order valence-electron chi connectivity index (χ2n) is 11.0. The van der Waals surface area contributed by atoms with Gasteiger partial charge in [0.15, 0.2) is 0 Å². The highest BCUT2D eigenvalue weighted by Gasteiger charge is 2.55. The van der Waals surface area contributed by atoms with Crippen LogP contribution in [-0.2, 0) is 24.4 Å². The molecule has 2 fully saturated rings. The van der Waals surface area contributed by atoms with Crippen molar-refractivity contribution in [1.29, 1.82) is 0 Å². The molecule has 3 aliphatic carbocycles. The third kappa shape index (κ3) is 4.07. The Bertz CT molecular complexity index is 1110. The normalized spacial score (nSPS) is 29.7. The first kappa shape index (κ1) is 21.9. The van der Waals surface area contributed by atoms with Gasteiger partial charge < -0.3 is 9.47 Å². The Morgan fingerprint density at radius 2 is 1.53 bits per heavy atom. The fraction of sp³-hybridized carbons (Fsp3) is 0.438. The first-order valence-corrected chi connectivity index (χ1v) is 13.2. The van der Waals surface area contributed by atoms with Gasteiger partial charge in [-0.05, 0) is 96.1 Å². The summed E-state index contributed by atoms with van der Waals surface area (Å²) in [6, 6.07) is 28.0. The molecule has 0 N–H and O–H groups in total. The molecule has 0 aromatic heterocycles. The third-order valence-electron chi connectivity index (χ3n) is 9.15. The number of hydrogen-bond donors (Lipinski definition) is 0. The lowest BCUT2D eigenvalue weighted by molar-refractivity contribution is -0.0707. The Kier molecular flexibility index (Phi) is 5.95. The van der Waals surface area contributed by atoms with Crippen LogP contribution in [0.5, 0.6) is 5.75 Å². The third-order valence-corrected chi connectivity index (χ3v) is 9.15. The van der Waals surface area contributed by atoms with E-state index in [1.807, 2.05) is 0 Å². The summed E-state index contributed by atoms with van der Waals surface area (Å²) in [4.78, 5) is 0. The van der Waals surface area contributed by atoms with Crippen LogP contribution in [0.25, 0.3) is 0 Å². The van der Waals surface area contributed by atoms with Crippen molar-refractivity contribution in [1.82, 2.24) is 0 Å². The molecule has 5 atom stereocenters. The molecule has 34 heavy (non-hydrogen) atoms. The number of fused-ring (bicyclic) bond motifs is 5. The van der Waals surface area contributed by atoms with E-state index in [4.69, 9.17) is 9.47 Å². The minimum Gasteiger partial charge on any atom is -0.489 e. The van der Waals surface area contributed by atoms with Gasteiger partial charge in [0.1, 0.15) is 12.4 Å². The number of benzene rings is 3.